The van der Waals surface area contributed by atoms with Gasteiger partial charge in [0.05, 0.1) is 51.3 Å². The molecule has 0 unspecified atom stereocenters. The number of carboxylic acid groups (broad SMARTS) is 3. The van der Waals surface area contributed by atoms with Gasteiger partial charge in [-0.1, -0.05) is 45.9 Å². The number of H-pyrrole nitrogens is 2. The zero-order chi connectivity index (χ0) is 79.0. The first-order valence-corrected chi connectivity index (χ1v) is 36.1. The van der Waals surface area contributed by atoms with Gasteiger partial charge in [-0.15, -0.1) is 0 Å². The van der Waals surface area contributed by atoms with Crippen molar-refractivity contribution in [3.8, 4) is 0 Å². The Labute approximate surface area is 621 Å². The van der Waals surface area contributed by atoms with E-state index >= 15 is 4.79 Å². The molecule has 7 atom stereocenters. The number of hydrazine groups is 1. The monoisotopic (exact) mass is 1520 g/mol. The molecule has 5 rings (SSSR count). The van der Waals surface area contributed by atoms with Gasteiger partial charge in [-0.2, -0.15) is 11.8 Å². The number of aromatic nitrogens is 3. The van der Waals surface area contributed by atoms with Crippen LogP contribution in [-0.4, -0.2) is 290 Å². The minimum absolute atomic E-state index is 0.0207. The van der Waals surface area contributed by atoms with Crippen molar-refractivity contribution in [1.82, 2.24) is 87.5 Å². The van der Waals surface area contributed by atoms with Gasteiger partial charge >= 0.3 is 17.9 Å². The summed E-state index contributed by atoms with van der Waals surface area (Å²) in [6, 6.07) is 2.70. The number of thioether (sulfide) groups is 1. The summed E-state index contributed by atoms with van der Waals surface area (Å²) in [5.41, 5.74) is 21.7. The molecule has 1 saturated heterocycles. The van der Waals surface area contributed by atoms with Crippen molar-refractivity contribution >= 4 is 117 Å². The molecule has 0 spiro atoms. The average molecular weight is 1520 g/mol. The third-order valence-corrected chi connectivity index (χ3v) is 17.7. The number of nitrogens with one attached hydrogen (secondary N) is 11. The highest BCUT2D eigenvalue weighted by Gasteiger charge is 2.38. The van der Waals surface area contributed by atoms with E-state index in [2.05, 4.69) is 62.9 Å². The Hall–Kier alpha value is -10.8. The number of nitrogens with two attached hydrogens (primary N) is 3. The maximum atomic E-state index is 15.1. The molecule has 39 heteroatoms. The van der Waals surface area contributed by atoms with Gasteiger partial charge < -0.3 is 85.0 Å². The highest BCUT2D eigenvalue weighted by Crippen LogP contribution is 2.21. The van der Waals surface area contributed by atoms with Crippen LogP contribution in [0.2, 0.25) is 0 Å². The number of amides is 12. The molecule has 2 aromatic carbocycles. The van der Waals surface area contributed by atoms with Crippen LogP contribution in [0.4, 0.5) is 5.69 Å². The summed E-state index contributed by atoms with van der Waals surface area (Å²) in [7, 11) is 0. The third-order valence-electron chi connectivity index (χ3n) is 17.1. The van der Waals surface area contributed by atoms with Crippen molar-refractivity contribution in [2.75, 3.05) is 109 Å². The Balaban J connectivity index is 1.30. The van der Waals surface area contributed by atoms with Gasteiger partial charge in [-0.3, -0.25) is 96.9 Å². The fraction of sp³-hybridized carbons (Fsp3) is 0.529. The van der Waals surface area contributed by atoms with E-state index in [1.807, 2.05) is 0 Å². The highest BCUT2D eigenvalue weighted by molar-refractivity contribution is 7.98. The number of nitrogens with zero attached hydrogens (tertiary/aromatic N) is 6. The minimum atomic E-state index is -1.53. The normalized spacial score (nSPS) is 15.4. The summed E-state index contributed by atoms with van der Waals surface area (Å²) in [4.78, 5) is 218. The van der Waals surface area contributed by atoms with Gasteiger partial charge in [0.1, 0.15) is 42.3 Å². The highest BCUT2D eigenvalue weighted by atomic mass is 32.2. The second kappa shape index (κ2) is 43.6. The van der Waals surface area contributed by atoms with E-state index in [-0.39, 0.29) is 120 Å². The summed E-state index contributed by atoms with van der Waals surface area (Å²) in [5, 5.41) is 50.9. The van der Waals surface area contributed by atoms with Crippen LogP contribution in [0.25, 0.3) is 10.9 Å². The number of rotatable bonds is 40. The molecule has 0 saturated carbocycles. The van der Waals surface area contributed by atoms with Gasteiger partial charge in [0.2, 0.25) is 53.2 Å². The van der Waals surface area contributed by atoms with Crippen molar-refractivity contribution in [3.05, 3.63) is 84.1 Å². The van der Waals surface area contributed by atoms with E-state index in [0.717, 1.165) is 5.01 Å². The Morgan fingerprint density at radius 1 is 0.579 bits per heavy atom. The van der Waals surface area contributed by atoms with Gasteiger partial charge in [-0.25, -0.2) is 9.99 Å². The van der Waals surface area contributed by atoms with E-state index in [1.54, 1.807) is 84.0 Å². The SMILES string of the molecule is CSCC[C@@H](C(N)=O)N(NC(=O)CN1CCN(CC(=O)O)CCN(CC(=O)O)CCN(CC(=O)O)CC1)C(=O)[C@H](CC(C)C)NC(=O)[C@H](Cc1c[nH]cn1)NC(=O)CNC(=O)[C@@H](NC(=O)[C@H](C)NC(=O)[C@H](Cc1c[nH]c2ccccc12)NC(=O)[C@H](CCC(N)=O)NC(=O)CNC(=O)c1ccc(N)cc1)C(C)C. The second-order valence-corrected chi connectivity index (χ2v) is 27.5. The van der Waals surface area contributed by atoms with Crippen LogP contribution >= 0.6 is 11.8 Å². The number of benzene rings is 2. The minimum Gasteiger partial charge on any atom is -0.480 e. The molecule has 12 amide bonds. The van der Waals surface area contributed by atoms with Crippen LogP contribution in [0.3, 0.4) is 0 Å². The molecule has 0 bridgehead atoms. The predicted molar refractivity (Wildman–Crippen MR) is 390 cm³/mol. The Bertz CT molecular complexity index is 3700. The molecule has 1 fully saturated rings. The molecule has 4 aromatic rings. The maximum Gasteiger partial charge on any atom is 0.317 e. The summed E-state index contributed by atoms with van der Waals surface area (Å²) in [6.45, 7) is 5.35. The van der Waals surface area contributed by atoms with Gasteiger partial charge in [-0.05, 0) is 85.9 Å². The van der Waals surface area contributed by atoms with Crippen molar-refractivity contribution in [3.63, 3.8) is 0 Å². The summed E-state index contributed by atoms with van der Waals surface area (Å²) in [5.74, 6) is -14.9. The number of primary amides is 2. The summed E-state index contributed by atoms with van der Waals surface area (Å²) >= 11 is 1.30. The van der Waals surface area contributed by atoms with Crippen molar-refractivity contribution in [2.45, 2.75) is 115 Å². The number of aliphatic carboxylic acids is 3. The molecule has 0 aliphatic carbocycles. The van der Waals surface area contributed by atoms with Crippen LogP contribution in [0, 0.1) is 11.8 Å². The lowest BCUT2D eigenvalue weighted by atomic mass is 10.0. The molecular formula is C68H100N20O18S. The van der Waals surface area contributed by atoms with E-state index in [9.17, 15) is 82.4 Å². The molecule has 1 aliphatic rings. The lowest BCUT2D eigenvalue weighted by molar-refractivity contribution is -0.151. The van der Waals surface area contributed by atoms with E-state index in [4.69, 9.17) is 17.2 Å². The standard InChI is InChI=1S/C68H100N20O18S/c1-39(2)27-51(68(106)88(52(61(71)99)17-26-107-6)83-56(92)34-84-18-20-85(35-57(93)94)22-24-87(37-59(97)98)25-23-86(21-19-84)36-58(95)96)81-66(104)50(29-45-31-72-38-76-45)79-55(91)33-75-67(105)60(40(3)4)82-62(100)41(5)77-65(103)49(28-43-30-73-47-10-8-7-9-46(43)47)80-64(102)48(15-16-53(70)89)78-54(90)32-74-63(101)42-11-13-44(69)14-12-42/h7-14,30-31,38-41,48-52,60,73H,15-29,32-37,69H2,1-6H3,(H2,70,89)(H2,71,99)(H,72,76)(H,74,101)(H,75,105)(H,77,103)(H,78,90)(H,79,91)(H,80,102)(H,81,104)(H,82,100)(H,83,92)(H,93,94)(H,95,96)(H,97,98)/t41-,48-,49-,50-,51-,52-,60-/m0/s1. The van der Waals surface area contributed by atoms with Crippen LogP contribution in [0.5, 0.6) is 0 Å². The quantitative estimate of drug-likeness (QED) is 0.0148. The number of carbonyl (C=O) groups excluding carboxylic acids is 12. The van der Waals surface area contributed by atoms with E-state index in [1.165, 1.54) is 55.5 Å². The van der Waals surface area contributed by atoms with Gasteiger partial charge in [0, 0.05) is 106 Å². The fourth-order valence-electron chi connectivity index (χ4n) is 11.4. The van der Waals surface area contributed by atoms with Crippen LogP contribution < -0.4 is 65.2 Å². The largest absolute Gasteiger partial charge is 0.480 e. The molecule has 3 heterocycles. The number of aromatic amines is 2. The number of carbonyl (C=O) groups is 15. The van der Waals surface area contributed by atoms with E-state index in [0.29, 0.717) is 22.2 Å². The van der Waals surface area contributed by atoms with Gasteiger partial charge in [0.25, 0.3) is 17.7 Å². The topological polar surface area (TPSA) is 564 Å². The number of anilines is 1. The Morgan fingerprint density at radius 2 is 1.10 bits per heavy atom. The molecule has 1 aliphatic heterocycles. The van der Waals surface area contributed by atoms with E-state index < -0.39 is 170 Å². The Kier molecular flexibility index (Phi) is 35.4. The molecule has 2 aromatic heterocycles. The third kappa shape index (κ3) is 30.3. The lowest BCUT2D eigenvalue weighted by Gasteiger charge is -2.35. The lowest BCUT2D eigenvalue weighted by Crippen LogP contribution is -2.63. The molecule has 0 radical (unpaired) electrons. The number of hydrogen-bond donors (Lipinski definition) is 17. The number of carboxylic acids is 3. The summed E-state index contributed by atoms with van der Waals surface area (Å²) < 4.78 is 0. The molecule has 20 N–H and O–H groups in total. The zero-order valence-electron chi connectivity index (χ0n) is 60.7. The smallest absolute Gasteiger partial charge is 0.317 e. The molecular weight excluding hydrogens is 1420 g/mol. The first kappa shape index (κ1) is 86.9. The first-order valence-electron chi connectivity index (χ1n) is 34.7. The van der Waals surface area contributed by atoms with Crippen LogP contribution in [0.15, 0.2) is 67.3 Å². The van der Waals surface area contributed by atoms with Crippen molar-refractivity contribution in [2.24, 2.45) is 23.3 Å². The van der Waals surface area contributed by atoms with Gasteiger partial charge in [0.15, 0.2) is 0 Å². The second-order valence-electron chi connectivity index (χ2n) is 26.5. The maximum absolute atomic E-state index is 15.1. The predicted octanol–water partition coefficient (Wildman–Crippen LogP) is -4.36. The number of nitrogen functional groups attached to an aromatic ring is 1. The van der Waals surface area contributed by atoms with Crippen molar-refractivity contribution < 1.29 is 87.2 Å². The van der Waals surface area contributed by atoms with Crippen molar-refractivity contribution in [1.29, 1.82) is 0 Å². The number of fused-ring (bicyclic) bond motifs is 1. The zero-order valence-corrected chi connectivity index (χ0v) is 61.5. The average Bonchev–Trinajstić information content (AvgIpc) is 1.58. The van der Waals surface area contributed by atoms with Crippen LogP contribution in [0.1, 0.15) is 81.9 Å². The molecule has 38 nitrogen and oxygen atoms in total. The van der Waals surface area contributed by atoms with Crippen LogP contribution in [-0.2, 0) is 80.0 Å². The fourth-order valence-corrected chi connectivity index (χ4v) is 11.9. The number of para-hydroxylation sites is 1. The molecule has 107 heavy (non-hydrogen) atoms. The Morgan fingerprint density at radius 3 is 1.63 bits per heavy atom. The summed E-state index contributed by atoms with van der Waals surface area (Å²) in [6.07, 6.45) is 4.75. The number of imidazole rings is 1. The first-order chi connectivity index (χ1) is 50.7. The molecule has 586 valence electrons. The number of hydrogen-bond acceptors (Lipinski definition) is 22.